The topological polar surface area (TPSA) is 84.7 Å². The molecule has 3 aromatic heterocycles. The number of hydrogen-bond donors (Lipinski definition) is 1. The number of aryl methyl sites for hydroxylation is 1. The first kappa shape index (κ1) is 15.0. The van der Waals surface area contributed by atoms with Crippen molar-refractivity contribution < 1.29 is 4.52 Å². The van der Waals surface area contributed by atoms with E-state index in [0.717, 1.165) is 16.1 Å². The summed E-state index contributed by atoms with van der Waals surface area (Å²) in [5.74, 6) is 1.56. The molecule has 0 fully saturated rings. The zero-order valence-corrected chi connectivity index (χ0v) is 13.8. The molecule has 0 saturated heterocycles. The van der Waals surface area contributed by atoms with Gasteiger partial charge in [-0.2, -0.15) is 4.98 Å². The summed E-state index contributed by atoms with van der Waals surface area (Å²) < 4.78 is 5.22. The lowest BCUT2D eigenvalue weighted by Crippen LogP contribution is -2.16. The molecule has 0 aliphatic carbocycles. The average Bonchev–Trinajstić information content (AvgIpc) is 3.16. The van der Waals surface area contributed by atoms with Gasteiger partial charge in [0.1, 0.15) is 0 Å². The van der Waals surface area contributed by atoms with Gasteiger partial charge in [0.05, 0.1) is 10.6 Å². The van der Waals surface area contributed by atoms with Gasteiger partial charge in [-0.05, 0) is 24.8 Å². The van der Waals surface area contributed by atoms with Gasteiger partial charge < -0.3 is 9.51 Å². The lowest BCUT2D eigenvalue weighted by Gasteiger charge is -2.03. The van der Waals surface area contributed by atoms with Gasteiger partial charge in [-0.15, -0.1) is 11.3 Å². The first-order chi connectivity index (χ1) is 10.7. The molecule has 22 heavy (non-hydrogen) atoms. The van der Waals surface area contributed by atoms with Gasteiger partial charge in [0.25, 0.3) is 5.56 Å². The Labute approximate surface area is 135 Å². The molecular weight excluding hydrogens is 320 g/mol. The highest BCUT2D eigenvalue weighted by Gasteiger charge is 2.11. The molecule has 0 atom stereocenters. The number of thioether (sulfide) groups is 1. The highest BCUT2D eigenvalue weighted by Crippen LogP contribution is 2.23. The van der Waals surface area contributed by atoms with Crippen molar-refractivity contribution in [3.05, 3.63) is 45.0 Å². The van der Waals surface area contributed by atoms with Gasteiger partial charge in [-0.25, -0.2) is 4.98 Å². The molecular formula is C14H14N4O2S2. The zero-order chi connectivity index (χ0) is 15.5. The van der Waals surface area contributed by atoms with Crippen LogP contribution in [0.3, 0.4) is 0 Å². The summed E-state index contributed by atoms with van der Waals surface area (Å²) in [6.07, 6.45) is 0.674. The van der Waals surface area contributed by atoms with Crippen molar-refractivity contribution in [3.8, 4) is 10.7 Å². The number of rotatable bonds is 5. The predicted molar refractivity (Wildman–Crippen MR) is 86.1 cm³/mol. The summed E-state index contributed by atoms with van der Waals surface area (Å²) >= 11 is 2.93. The van der Waals surface area contributed by atoms with Crippen LogP contribution in [0, 0.1) is 6.92 Å². The number of H-pyrrole nitrogens is 1. The molecule has 0 bridgehead atoms. The lowest BCUT2D eigenvalue weighted by molar-refractivity contribution is 0.391. The van der Waals surface area contributed by atoms with Crippen LogP contribution in [0.1, 0.15) is 24.1 Å². The Morgan fingerprint density at radius 1 is 1.41 bits per heavy atom. The lowest BCUT2D eigenvalue weighted by atomic mass is 10.2. The second-order valence-corrected chi connectivity index (χ2v) is 6.48. The molecule has 8 heteroatoms. The third-order valence-corrected chi connectivity index (χ3v) is 4.82. The van der Waals surface area contributed by atoms with E-state index in [1.165, 1.54) is 11.8 Å². The van der Waals surface area contributed by atoms with Crippen LogP contribution in [-0.2, 0) is 12.2 Å². The van der Waals surface area contributed by atoms with E-state index in [1.54, 1.807) is 11.3 Å². The van der Waals surface area contributed by atoms with Crippen LogP contribution >= 0.6 is 23.1 Å². The van der Waals surface area contributed by atoms with E-state index in [-0.39, 0.29) is 5.56 Å². The minimum atomic E-state index is -0.0812. The smallest absolute Gasteiger partial charge is 0.254 e. The van der Waals surface area contributed by atoms with Crippen LogP contribution < -0.4 is 5.56 Å². The Kier molecular flexibility index (Phi) is 4.39. The van der Waals surface area contributed by atoms with Gasteiger partial charge in [0.2, 0.25) is 11.7 Å². The van der Waals surface area contributed by atoms with Crippen LogP contribution in [0.5, 0.6) is 0 Å². The third-order valence-electron chi connectivity index (χ3n) is 3.10. The van der Waals surface area contributed by atoms with Crippen molar-refractivity contribution in [3.63, 3.8) is 0 Å². The van der Waals surface area contributed by atoms with E-state index < -0.39 is 0 Å². The van der Waals surface area contributed by atoms with Crippen molar-refractivity contribution >= 4 is 23.1 Å². The normalized spacial score (nSPS) is 11.0. The van der Waals surface area contributed by atoms with Crippen molar-refractivity contribution in [1.29, 1.82) is 0 Å². The Morgan fingerprint density at radius 3 is 2.95 bits per heavy atom. The molecule has 3 rings (SSSR count). The van der Waals surface area contributed by atoms with E-state index in [0.29, 0.717) is 29.0 Å². The Hall–Kier alpha value is -1.93. The van der Waals surface area contributed by atoms with Crippen molar-refractivity contribution in [2.75, 3.05) is 0 Å². The monoisotopic (exact) mass is 334 g/mol. The second kappa shape index (κ2) is 6.45. The maximum absolute atomic E-state index is 11.9. The minimum absolute atomic E-state index is 0.0812. The van der Waals surface area contributed by atoms with Crippen LogP contribution in [0.25, 0.3) is 10.7 Å². The largest absolute Gasteiger partial charge is 0.338 e. The molecule has 0 saturated carbocycles. The minimum Gasteiger partial charge on any atom is -0.338 e. The molecule has 114 valence electrons. The standard InChI is InChI=1S/C14H14N4O2S2/c1-3-9-8(2)15-14(17-13(9)19)22-7-11-16-12(18-20-11)10-5-4-6-21-10/h4-6H,3,7H2,1-2H3,(H,15,17,19). The van der Waals surface area contributed by atoms with E-state index in [4.69, 9.17) is 4.52 Å². The van der Waals surface area contributed by atoms with Crippen molar-refractivity contribution in [1.82, 2.24) is 20.1 Å². The van der Waals surface area contributed by atoms with Gasteiger partial charge in [-0.1, -0.05) is 29.9 Å². The zero-order valence-electron chi connectivity index (χ0n) is 12.1. The van der Waals surface area contributed by atoms with Crippen LogP contribution in [0.4, 0.5) is 0 Å². The molecule has 1 N–H and O–H groups in total. The van der Waals surface area contributed by atoms with E-state index in [9.17, 15) is 4.79 Å². The Bertz CT molecular complexity index is 824. The molecule has 0 radical (unpaired) electrons. The number of nitrogens with one attached hydrogen (secondary N) is 1. The predicted octanol–water partition coefficient (Wildman–Crippen LogP) is 3.04. The summed E-state index contributed by atoms with van der Waals surface area (Å²) in [4.78, 5) is 24.4. The van der Waals surface area contributed by atoms with Crippen LogP contribution in [-0.4, -0.2) is 20.1 Å². The second-order valence-electron chi connectivity index (χ2n) is 4.57. The summed E-state index contributed by atoms with van der Waals surface area (Å²) in [5.41, 5.74) is 1.41. The number of thiophene rings is 1. The third kappa shape index (κ3) is 3.12. The van der Waals surface area contributed by atoms with E-state index in [1.807, 2.05) is 31.4 Å². The van der Waals surface area contributed by atoms with Gasteiger partial charge in [0, 0.05) is 11.3 Å². The maximum Gasteiger partial charge on any atom is 0.254 e. The number of hydrogen-bond acceptors (Lipinski definition) is 7. The highest BCUT2D eigenvalue weighted by atomic mass is 32.2. The quantitative estimate of drug-likeness (QED) is 0.570. The molecule has 3 aromatic rings. The SMILES string of the molecule is CCc1c(C)nc(SCc2nc(-c3cccs3)no2)[nH]c1=O. The van der Waals surface area contributed by atoms with Crippen molar-refractivity contribution in [2.45, 2.75) is 31.2 Å². The maximum atomic E-state index is 11.9. The highest BCUT2D eigenvalue weighted by molar-refractivity contribution is 7.98. The van der Waals surface area contributed by atoms with Gasteiger partial charge >= 0.3 is 0 Å². The summed E-state index contributed by atoms with van der Waals surface area (Å²) in [6.45, 7) is 3.79. The molecule has 3 heterocycles. The number of aromatic amines is 1. The average molecular weight is 334 g/mol. The van der Waals surface area contributed by atoms with Crippen LogP contribution in [0.15, 0.2) is 32.0 Å². The first-order valence-electron chi connectivity index (χ1n) is 6.76. The Morgan fingerprint density at radius 2 is 2.27 bits per heavy atom. The molecule has 0 aliphatic heterocycles. The number of nitrogens with zero attached hydrogens (tertiary/aromatic N) is 3. The molecule has 0 spiro atoms. The fourth-order valence-corrected chi connectivity index (χ4v) is 3.41. The van der Waals surface area contributed by atoms with E-state index in [2.05, 4.69) is 20.1 Å². The molecule has 0 amide bonds. The Balaban J connectivity index is 1.72. The summed E-state index contributed by atoms with van der Waals surface area (Å²) in [7, 11) is 0. The molecule has 0 aliphatic rings. The fourth-order valence-electron chi connectivity index (χ4n) is 2.02. The van der Waals surface area contributed by atoms with E-state index >= 15 is 0 Å². The van der Waals surface area contributed by atoms with Crippen molar-refractivity contribution in [2.24, 2.45) is 0 Å². The van der Waals surface area contributed by atoms with Gasteiger partial charge in [0.15, 0.2) is 5.16 Å². The molecule has 0 aromatic carbocycles. The first-order valence-corrected chi connectivity index (χ1v) is 8.63. The van der Waals surface area contributed by atoms with Gasteiger partial charge in [-0.3, -0.25) is 4.79 Å². The fraction of sp³-hybridized carbons (Fsp3) is 0.286. The summed E-state index contributed by atoms with van der Waals surface area (Å²) in [5, 5.41) is 6.48. The number of aromatic nitrogens is 4. The van der Waals surface area contributed by atoms with Crippen LogP contribution in [0.2, 0.25) is 0 Å². The summed E-state index contributed by atoms with van der Waals surface area (Å²) in [6, 6.07) is 3.88. The molecule has 6 nitrogen and oxygen atoms in total. The molecule has 0 unspecified atom stereocenters.